The quantitative estimate of drug-likeness (QED) is 0.554. The Morgan fingerprint density at radius 2 is 1.75 bits per heavy atom. The Labute approximate surface area is 189 Å². The second kappa shape index (κ2) is 9.38. The number of nitrogens with zero attached hydrogens (tertiary/aromatic N) is 4. The number of rotatable bonds is 8. The number of aryl methyl sites for hydroxylation is 1. The van der Waals surface area contributed by atoms with Crippen molar-refractivity contribution in [2.24, 2.45) is 0 Å². The summed E-state index contributed by atoms with van der Waals surface area (Å²) in [6.45, 7) is 12.2. The number of fused-ring (bicyclic) bond motifs is 1. The molecule has 9 heteroatoms. The van der Waals surface area contributed by atoms with Crippen LogP contribution in [0.5, 0.6) is 0 Å². The van der Waals surface area contributed by atoms with E-state index in [1.165, 1.54) is 4.31 Å². The normalized spacial score (nSPS) is 13.1. The van der Waals surface area contributed by atoms with E-state index >= 15 is 0 Å². The SMILES string of the molecule is CCN(CC)S(=O)(=O)c1ccc(C(C)NC(=O)c2cc3cnn(C(C)C)c3nc2C)cc1. The van der Waals surface area contributed by atoms with Gasteiger partial charge in [-0.25, -0.2) is 18.1 Å². The molecule has 2 aromatic heterocycles. The molecule has 3 aromatic rings. The van der Waals surface area contributed by atoms with E-state index in [4.69, 9.17) is 0 Å². The highest BCUT2D eigenvalue weighted by molar-refractivity contribution is 7.89. The van der Waals surface area contributed by atoms with Crippen molar-refractivity contribution in [1.82, 2.24) is 24.4 Å². The largest absolute Gasteiger partial charge is 0.345 e. The molecule has 0 bridgehead atoms. The Morgan fingerprint density at radius 3 is 2.31 bits per heavy atom. The van der Waals surface area contributed by atoms with Gasteiger partial charge < -0.3 is 5.32 Å². The third kappa shape index (κ3) is 4.54. The molecule has 0 saturated carbocycles. The molecule has 0 spiro atoms. The number of hydrogen-bond donors (Lipinski definition) is 1. The smallest absolute Gasteiger partial charge is 0.253 e. The molecule has 2 heterocycles. The highest BCUT2D eigenvalue weighted by atomic mass is 32.2. The summed E-state index contributed by atoms with van der Waals surface area (Å²) in [6, 6.07) is 8.33. The van der Waals surface area contributed by atoms with Crippen molar-refractivity contribution in [3.8, 4) is 0 Å². The summed E-state index contributed by atoms with van der Waals surface area (Å²) >= 11 is 0. The number of carbonyl (C=O) groups excluding carboxylic acids is 1. The number of hydrogen-bond acceptors (Lipinski definition) is 5. The first-order valence-corrected chi connectivity index (χ1v) is 12.3. The topological polar surface area (TPSA) is 97.2 Å². The second-order valence-electron chi connectivity index (χ2n) is 8.07. The van der Waals surface area contributed by atoms with Crippen LogP contribution in [0.2, 0.25) is 0 Å². The summed E-state index contributed by atoms with van der Waals surface area (Å²) in [5, 5.41) is 8.17. The molecule has 1 N–H and O–H groups in total. The molecule has 1 atom stereocenters. The lowest BCUT2D eigenvalue weighted by molar-refractivity contribution is 0.0939. The maximum absolute atomic E-state index is 12.9. The van der Waals surface area contributed by atoms with Gasteiger partial charge >= 0.3 is 0 Å². The van der Waals surface area contributed by atoms with Crippen molar-refractivity contribution < 1.29 is 13.2 Å². The van der Waals surface area contributed by atoms with Gasteiger partial charge in [0.05, 0.1) is 28.4 Å². The Balaban J connectivity index is 1.79. The summed E-state index contributed by atoms with van der Waals surface area (Å²) in [5.74, 6) is -0.235. The summed E-state index contributed by atoms with van der Waals surface area (Å²) in [6.07, 6.45) is 1.72. The van der Waals surface area contributed by atoms with Gasteiger partial charge in [0.2, 0.25) is 10.0 Å². The van der Waals surface area contributed by atoms with Crippen molar-refractivity contribution in [1.29, 1.82) is 0 Å². The van der Waals surface area contributed by atoms with Gasteiger partial charge in [-0.05, 0) is 51.5 Å². The zero-order chi connectivity index (χ0) is 23.6. The number of benzene rings is 1. The molecule has 172 valence electrons. The fraction of sp³-hybridized carbons (Fsp3) is 0.435. The maximum atomic E-state index is 12.9. The minimum atomic E-state index is -3.51. The van der Waals surface area contributed by atoms with Crippen molar-refractivity contribution in [2.75, 3.05) is 13.1 Å². The summed E-state index contributed by atoms with van der Waals surface area (Å²) in [7, 11) is -3.51. The van der Waals surface area contributed by atoms with Crippen LogP contribution in [0, 0.1) is 6.92 Å². The molecule has 32 heavy (non-hydrogen) atoms. The molecule has 0 saturated heterocycles. The number of pyridine rings is 1. The van der Waals surface area contributed by atoms with E-state index in [1.54, 1.807) is 30.5 Å². The standard InChI is InChI=1S/C23H31N5O3S/c1-7-27(8-2)32(30,31)20-11-9-18(10-12-20)16(5)26-23(29)21-13-19-14-24-28(15(3)4)22(19)25-17(21)6/h9-16H,7-8H2,1-6H3,(H,26,29). The van der Waals surface area contributed by atoms with Crippen LogP contribution in [0.1, 0.15) is 68.3 Å². The predicted molar refractivity (Wildman–Crippen MR) is 125 cm³/mol. The molecule has 1 amide bonds. The zero-order valence-electron chi connectivity index (χ0n) is 19.5. The Morgan fingerprint density at radius 1 is 1.12 bits per heavy atom. The molecule has 0 aliphatic carbocycles. The molecular formula is C23H31N5O3S. The van der Waals surface area contributed by atoms with E-state index in [-0.39, 0.29) is 22.9 Å². The highest BCUT2D eigenvalue weighted by Gasteiger charge is 2.22. The molecule has 3 rings (SSSR count). The van der Waals surface area contributed by atoms with Gasteiger partial charge in [-0.2, -0.15) is 9.40 Å². The van der Waals surface area contributed by atoms with Crippen LogP contribution in [0.25, 0.3) is 11.0 Å². The molecular weight excluding hydrogens is 426 g/mol. The van der Waals surface area contributed by atoms with Gasteiger partial charge in [0.15, 0.2) is 5.65 Å². The number of aromatic nitrogens is 3. The molecule has 0 aliphatic heterocycles. The first-order valence-electron chi connectivity index (χ1n) is 10.9. The molecule has 0 fully saturated rings. The van der Waals surface area contributed by atoms with Crippen LogP contribution in [0.15, 0.2) is 41.4 Å². The lowest BCUT2D eigenvalue weighted by Gasteiger charge is -2.19. The lowest BCUT2D eigenvalue weighted by Crippen LogP contribution is -2.30. The van der Waals surface area contributed by atoms with E-state index in [1.807, 2.05) is 52.3 Å². The van der Waals surface area contributed by atoms with E-state index in [0.29, 0.717) is 24.3 Å². The van der Waals surface area contributed by atoms with Crippen molar-refractivity contribution in [3.63, 3.8) is 0 Å². The van der Waals surface area contributed by atoms with Crippen molar-refractivity contribution in [3.05, 3.63) is 53.3 Å². The fourth-order valence-electron chi connectivity index (χ4n) is 3.67. The third-order valence-electron chi connectivity index (χ3n) is 5.56. The summed E-state index contributed by atoms with van der Waals surface area (Å²) < 4.78 is 28.6. The maximum Gasteiger partial charge on any atom is 0.253 e. The minimum absolute atomic E-state index is 0.174. The van der Waals surface area contributed by atoms with Gasteiger partial charge in [-0.15, -0.1) is 0 Å². The van der Waals surface area contributed by atoms with Gasteiger partial charge in [-0.3, -0.25) is 4.79 Å². The summed E-state index contributed by atoms with van der Waals surface area (Å²) in [4.78, 5) is 17.8. The summed E-state index contributed by atoms with van der Waals surface area (Å²) in [5.41, 5.74) is 2.70. The van der Waals surface area contributed by atoms with Crippen LogP contribution < -0.4 is 5.32 Å². The monoisotopic (exact) mass is 457 g/mol. The first-order chi connectivity index (χ1) is 15.1. The van der Waals surface area contributed by atoms with E-state index in [2.05, 4.69) is 15.4 Å². The fourth-order valence-corrected chi connectivity index (χ4v) is 5.13. The average Bonchev–Trinajstić information content (AvgIpc) is 3.16. The van der Waals surface area contributed by atoms with Crippen LogP contribution in [0.4, 0.5) is 0 Å². The zero-order valence-corrected chi connectivity index (χ0v) is 20.3. The first kappa shape index (κ1) is 23.9. The van der Waals surface area contributed by atoms with Gasteiger partial charge in [0, 0.05) is 24.5 Å². The van der Waals surface area contributed by atoms with Gasteiger partial charge in [-0.1, -0.05) is 26.0 Å². The van der Waals surface area contributed by atoms with Crippen LogP contribution >= 0.6 is 0 Å². The van der Waals surface area contributed by atoms with Crippen molar-refractivity contribution in [2.45, 2.75) is 58.5 Å². The number of nitrogens with one attached hydrogen (secondary N) is 1. The predicted octanol–water partition coefficient (Wildman–Crippen LogP) is 3.84. The Hall–Kier alpha value is -2.78. The molecule has 0 radical (unpaired) electrons. The molecule has 1 unspecified atom stereocenters. The van der Waals surface area contributed by atoms with E-state index < -0.39 is 10.0 Å². The molecule has 8 nitrogen and oxygen atoms in total. The number of sulfonamides is 1. The molecule has 0 aliphatic rings. The van der Waals surface area contributed by atoms with Crippen LogP contribution in [0.3, 0.4) is 0 Å². The second-order valence-corrected chi connectivity index (χ2v) is 10.0. The molecule has 1 aromatic carbocycles. The third-order valence-corrected chi connectivity index (χ3v) is 7.63. The van der Waals surface area contributed by atoms with Crippen molar-refractivity contribution >= 4 is 27.0 Å². The Bertz CT molecular complexity index is 1210. The van der Waals surface area contributed by atoms with Crippen LogP contribution in [-0.2, 0) is 10.0 Å². The lowest BCUT2D eigenvalue weighted by atomic mass is 10.1. The van der Waals surface area contributed by atoms with Crippen LogP contribution in [-0.4, -0.2) is 46.5 Å². The van der Waals surface area contributed by atoms with E-state index in [0.717, 1.165) is 16.6 Å². The number of carbonyl (C=O) groups is 1. The average molecular weight is 458 g/mol. The van der Waals surface area contributed by atoms with Gasteiger partial charge in [0.1, 0.15) is 0 Å². The van der Waals surface area contributed by atoms with E-state index in [9.17, 15) is 13.2 Å². The Kier molecular flexibility index (Phi) is 7.00. The highest BCUT2D eigenvalue weighted by Crippen LogP contribution is 2.22. The van der Waals surface area contributed by atoms with Gasteiger partial charge in [0.25, 0.3) is 5.91 Å². The number of amides is 1. The minimum Gasteiger partial charge on any atom is -0.345 e.